The number of H-pyrrole nitrogens is 2. The molecule has 2 heterocycles. The molecule has 0 unspecified atom stereocenters. The number of aromatic amines is 2. The third-order valence-corrected chi connectivity index (χ3v) is 3.71. The minimum atomic E-state index is -0.714. The van der Waals surface area contributed by atoms with Crippen LogP contribution in [-0.4, -0.2) is 54.7 Å². The van der Waals surface area contributed by atoms with Crippen molar-refractivity contribution in [2.45, 2.75) is 25.7 Å². The summed E-state index contributed by atoms with van der Waals surface area (Å²) in [4.78, 5) is 55.5. The fraction of sp³-hybridized carbons (Fsp3) is 0.429. The van der Waals surface area contributed by atoms with E-state index < -0.39 is 33.3 Å². The van der Waals surface area contributed by atoms with E-state index in [0.717, 1.165) is 25.5 Å². The number of imidazole rings is 2. The normalized spacial score (nSPS) is 10.4. The number of unbranched alkanes of at least 4 members (excludes halogenated alkanes) is 3. The van der Waals surface area contributed by atoms with Crippen LogP contribution in [0.4, 0.5) is 11.6 Å². The van der Waals surface area contributed by atoms with E-state index in [0.29, 0.717) is 25.9 Å². The van der Waals surface area contributed by atoms with Crippen LogP contribution in [0.25, 0.3) is 0 Å². The number of amides is 2. The Bertz CT molecular complexity index is 789. The van der Waals surface area contributed by atoms with E-state index in [9.17, 15) is 29.8 Å². The summed E-state index contributed by atoms with van der Waals surface area (Å²) >= 11 is 0. The molecule has 0 radical (unpaired) electrons. The fourth-order valence-electron chi connectivity index (χ4n) is 2.36. The Morgan fingerprint density at radius 2 is 1.21 bits per heavy atom. The van der Waals surface area contributed by atoms with Crippen molar-refractivity contribution in [3.63, 3.8) is 0 Å². The van der Waals surface area contributed by atoms with Crippen LogP contribution >= 0.6 is 0 Å². The summed E-state index contributed by atoms with van der Waals surface area (Å²) in [5, 5.41) is 26.6. The smallest absolute Gasteiger partial charge is 0.353 e. The topological polar surface area (TPSA) is 202 Å². The van der Waals surface area contributed by atoms with Crippen LogP contribution in [0.1, 0.15) is 46.7 Å². The van der Waals surface area contributed by atoms with E-state index in [1.165, 1.54) is 0 Å². The highest BCUT2D eigenvalue weighted by Gasteiger charge is 2.22. The number of nitro groups is 2. The average molecular weight is 394 g/mol. The molecule has 2 rings (SSSR count). The van der Waals surface area contributed by atoms with Crippen LogP contribution in [0.5, 0.6) is 0 Å². The van der Waals surface area contributed by atoms with Gasteiger partial charge in [0.25, 0.3) is 11.8 Å². The molecule has 0 aliphatic rings. The van der Waals surface area contributed by atoms with Crippen molar-refractivity contribution in [3.8, 4) is 0 Å². The molecule has 14 nitrogen and oxygen atoms in total. The van der Waals surface area contributed by atoms with E-state index in [1.807, 2.05) is 0 Å². The first-order valence-electron chi connectivity index (χ1n) is 8.33. The van der Waals surface area contributed by atoms with Crippen LogP contribution in [0, 0.1) is 20.2 Å². The number of hydrogen-bond acceptors (Lipinski definition) is 8. The third-order valence-electron chi connectivity index (χ3n) is 3.71. The average Bonchev–Trinajstić information content (AvgIpc) is 3.32. The Hall–Kier alpha value is -3.84. The standard InChI is InChI=1S/C14H18N8O6/c23-13(9-11(21(25)26)19-7-17-9)15-5-3-1-2-4-6-16-14(24)10-12(22(27)28)20-8-18-10/h7-8H,1-6H2,(H,15,23)(H,16,24)(H,17,19)(H,18,20). The predicted octanol–water partition coefficient (Wildman–Crippen LogP) is 0.669. The molecule has 0 aromatic carbocycles. The van der Waals surface area contributed by atoms with E-state index in [-0.39, 0.29) is 11.4 Å². The first kappa shape index (κ1) is 20.5. The second-order valence-corrected chi connectivity index (χ2v) is 5.64. The quantitative estimate of drug-likeness (QED) is 0.242. The Balaban J connectivity index is 1.58. The van der Waals surface area contributed by atoms with Gasteiger partial charge in [-0.1, -0.05) is 12.8 Å². The van der Waals surface area contributed by atoms with Gasteiger partial charge in [-0.15, -0.1) is 0 Å². The SMILES string of the molecule is O=C(NCCCCCCNC(=O)c1nc[nH]c1[N+](=O)[O-])c1nc[nH]c1[N+](=O)[O-]. The lowest BCUT2D eigenvalue weighted by molar-refractivity contribution is -0.389. The first-order valence-corrected chi connectivity index (χ1v) is 8.33. The minimum absolute atomic E-state index is 0.264. The van der Waals surface area contributed by atoms with Crippen LogP contribution in [0.2, 0.25) is 0 Å². The molecular formula is C14H18N8O6. The van der Waals surface area contributed by atoms with Gasteiger partial charge in [-0.25, -0.2) is 19.9 Å². The van der Waals surface area contributed by atoms with E-state index in [2.05, 4.69) is 30.6 Å². The molecule has 0 aliphatic carbocycles. The lowest BCUT2D eigenvalue weighted by atomic mass is 10.2. The molecule has 2 aromatic heterocycles. The van der Waals surface area contributed by atoms with Gasteiger partial charge in [0.15, 0.2) is 12.7 Å². The van der Waals surface area contributed by atoms with Gasteiger partial charge in [0.2, 0.25) is 11.4 Å². The Morgan fingerprint density at radius 1 is 0.821 bits per heavy atom. The van der Waals surface area contributed by atoms with Crippen molar-refractivity contribution in [2.75, 3.05) is 13.1 Å². The van der Waals surface area contributed by atoms with Gasteiger partial charge in [0, 0.05) is 13.1 Å². The lowest BCUT2D eigenvalue weighted by Gasteiger charge is -2.05. The Labute approximate surface area is 157 Å². The molecule has 0 aliphatic heterocycles. The number of rotatable bonds is 11. The Kier molecular flexibility index (Phi) is 7.13. The van der Waals surface area contributed by atoms with Crippen LogP contribution < -0.4 is 10.6 Å². The molecule has 2 amide bonds. The maximum absolute atomic E-state index is 11.8. The summed E-state index contributed by atoms with van der Waals surface area (Å²) in [5.74, 6) is -2.16. The largest absolute Gasteiger partial charge is 0.358 e. The molecule has 0 saturated heterocycles. The molecule has 14 heteroatoms. The van der Waals surface area contributed by atoms with Gasteiger partial charge in [0.1, 0.15) is 0 Å². The predicted molar refractivity (Wildman–Crippen MR) is 93.6 cm³/mol. The zero-order valence-electron chi connectivity index (χ0n) is 14.6. The number of nitrogens with one attached hydrogen (secondary N) is 4. The summed E-state index contributed by atoms with van der Waals surface area (Å²) in [6.07, 6.45) is 4.95. The highest BCUT2D eigenvalue weighted by atomic mass is 16.6. The van der Waals surface area contributed by atoms with Crippen molar-refractivity contribution in [1.82, 2.24) is 30.6 Å². The van der Waals surface area contributed by atoms with Crippen molar-refractivity contribution >= 4 is 23.5 Å². The monoisotopic (exact) mass is 394 g/mol. The number of nitrogens with zero attached hydrogens (tertiary/aromatic N) is 4. The van der Waals surface area contributed by atoms with Crippen LogP contribution in [0.3, 0.4) is 0 Å². The van der Waals surface area contributed by atoms with Crippen molar-refractivity contribution < 1.29 is 19.4 Å². The summed E-state index contributed by atoms with van der Waals surface area (Å²) in [7, 11) is 0. The molecule has 2 aromatic rings. The van der Waals surface area contributed by atoms with E-state index >= 15 is 0 Å². The minimum Gasteiger partial charge on any atom is -0.358 e. The summed E-state index contributed by atoms with van der Waals surface area (Å²) < 4.78 is 0. The molecule has 0 bridgehead atoms. The van der Waals surface area contributed by atoms with Crippen molar-refractivity contribution in [3.05, 3.63) is 44.3 Å². The third kappa shape index (κ3) is 5.33. The fourth-order valence-corrected chi connectivity index (χ4v) is 2.36. The van der Waals surface area contributed by atoms with Gasteiger partial charge < -0.3 is 30.9 Å². The molecule has 28 heavy (non-hydrogen) atoms. The Morgan fingerprint density at radius 3 is 1.57 bits per heavy atom. The molecule has 4 N–H and O–H groups in total. The zero-order chi connectivity index (χ0) is 20.5. The zero-order valence-corrected chi connectivity index (χ0v) is 14.6. The summed E-state index contributed by atoms with van der Waals surface area (Å²) in [6, 6.07) is 0. The number of carbonyl (C=O) groups excluding carboxylic acids is 2. The first-order chi connectivity index (χ1) is 13.4. The summed E-state index contributed by atoms with van der Waals surface area (Å²) in [5.41, 5.74) is -0.527. The van der Waals surface area contributed by atoms with Gasteiger partial charge in [-0.3, -0.25) is 9.59 Å². The molecule has 0 fully saturated rings. The van der Waals surface area contributed by atoms with Crippen LogP contribution in [0.15, 0.2) is 12.7 Å². The van der Waals surface area contributed by atoms with Crippen molar-refractivity contribution in [1.29, 1.82) is 0 Å². The second-order valence-electron chi connectivity index (χ2n) is 5.64. The molecule has 150 valence electrons. The highest BCUT2D eigenvalue weighted by Crippen LogP contribution is 2.12. The molecule has 0 saturated carbocycles. The highest BCUT2D eigenvalue weighted by molar-refractivity contribution is 5.95. The second kappa shape index (κ2) is 9.75. The molecule has 0 spiro atoms. The maximum Gasteiger partial charge on any atom is 0.353 e. The number of aromatic nitrogens is 4. The van der Waals surface area contributed by atoms with Gasteiger partial charge in [-0.2, -0.15) is 0 Å². The maximum atomic E-state index is 11.8. The van der Waals surface area contributed by atoms with Gasteiger partial charge in [-0.05, 0) is 22.7 Å². The van der Waals surface area contributed by atoms with E-state index in [1.54, 1.807) is 0 Å². The lowest BCUT2D eigenvalue weighted by Crippen LogP contribution is -2.26. The number of hydrogen-bond donors (Lipinski definition) is 4. The van der Waals surface area contributed by atoms with E-state index in [4.69, 9.17) is 0 Å². The number of carbonyl (C=O) groups is 2. The van der Waals surface area contributed by atoms with Crippen molar-refractivity contribution in [2.24, 2.45) is 0 Å². The summed E-state index contributed by atoms with van der Waals surface area (Å²) in [6.45, 7) is 0.656. The molecular weight excluding hydrogens is 376 g/mol. The van der Waals surface area contributed by atoms with Crippen LogP contribution in [-0.2, 0) is 0 Å². The van der Waals surface area contributed by atoms with Gasteiger partial charge in [0.05, 0.1) is 0 Å². The van der Waals surface area contributed by atoms with Gasteiger partial charge >= 0.3 is 11.6 Å². The molecule has 0 atom stereocenters.